The molecule has 25 heavy (non-hydrogen) atoms. The number of carbonyl (C=O) groups is 2. The summed E-state index contributed by atoms with van der Waals surface area (Å²) >= 11 is 6.05. The first-order valence-corrected chi connectivity index (χ1v) is 8.02. The minimum atomic E-state index is -0.911. The van der Waals surface area contributed by atoms with Gasteiger partial charge in [-0.2, -0.15) is 0 Å². The molecule has 3 rings (SSSR count). The maximum Gasteiger partial charge on any atom is 0.351 e. The topological polar surface area (TPSA) is 73.9 Å². The molecule has 0 bridgehead atoms. The maximum atomic E-state index is 12.0. The number of carbonyl (C=O) groups excluding carboxylic acids is 2. The van der Waals surface area contributed by atoms with Gasteiger partial charge in [0.2, 0.25) is 6.10 Å². The van der Waals surface area contributed by atoms with E-state index in [-0.39, 0.29) is 6.61 Å². The molecule has 0 saturated carbocycles. The number of hydrogen-bond donors (Lipinski definition) is 1. The second-order valence-corrected chi connectivity index (χ2v) is 5.91. The molecule has 1 unspecified atom stereocenters. The summed E-state index contributed by atoms with van der Waals surface area (Å²) in [6.07, 6.45) is -0.911. The van der Waals surface area contributed by atoms with Crippen LogP contribution in [0.5, 0.6) is 11.5 Å². The Hall–Kier alpha value is -2.73. The molecule has 0 radical (unpaired) electrons. The average Bonchev–Trinajstić information content (AvgIpc) is 2.61. The van der Waals surface area contributed by atoms with Crippen LogP contribution in [0.25, 0.3) is 0 Å². The van der Waals surface area contributed by atoms with E-state index >= 15 is 0 Å². The van der Waals surface area contributed by atoms with Crippen LogP contribution in [-0.2, 0) is 14.3 Å². The van der Waals surface area contributed by atoms with E-state index in [9.17, 15) is 9.59 Å². The van der Waals surface area contributed by atoms with Crippen LogP contribution in [-0.4, -0.2) is 31.2 Å². The van der Waals surface area contributed by atoms with Crippen LogP contribution in [0, 0.1) is 6.92 Å². The van der Waals surface area contributed by atoms with E-state index in [0.717, 1.165) is 5.56 Å². The summed E-state index contributed by atoms with van der Waals surface area (Å²) in [6, 6.07) is 12.3. The second-order valence-electron chi connectivity index (χ2n) is 5.50. The number of rotatable bonds is 4. The van der Waals surface area contributed by atoms with Gasteiger partial charge in [0.15, 0.2) is 18.1 Å². The molecule has 0 spiro atoms. The Bertz CT molecular complexity index is 808. The molecule has 0 fully saturated rings. The third kappa shape index (κ3) is 4.22. The SMILES string of the molecule is Cc1ccc(NC(=O)COC(=O)C2COc3ccccc3O2)c(Cl)c1. The third-order valence-corrected chi connectivity index (χ3v) is 3.83. The highest BCUT2D eigenvalue weighted by Gasteiger charge is 2.29. The van der Waals surface area contributed by atoms with Gasteiger partial charge in [-0.25, -0.2) is 4.79 Å². The van der Waals surface area contributed by atoms with Crippen LogP contribution >= 0.6 is 11.6 Å². The highest BCUT2D eigenvalue weighted by Crippen LogP contribution is 2.31. The van der Waals surface area contributed by atoms with Crippen molar-refractivity contribution in [3.8, 4) is 11.5 Å². The minimum absolute atomic E-state index is 0.0290. The molecule has 0 saturated heterocycles. The summed E-state index contributed by atoms with van der Waals surface area (Å²) in [6.45, 7) is 1.48. The van der Waals surface area contributed by atoms with Crippen molar-refractivity contribution < 1.29 is 23.8 Å². The summed E-state index contributed by atoms with van der Waals surface area (Å²) in [5.41, 5.74) is 1.43. The van der Waals surface area contributed by atoms with Crippen molar-refractivity contribution in [2.75, 3.05) is 18.5 Å². The zero-order chi connectivity index (χ0) is 17.8. The fraction of sp³-hybridized carbons (Fsp3) is 0.222. The molecule has 2 aromatic carbocycles. The first-order chi connectivity index (χ1) is 12.0. The largest absolute Gasteiger partial charge is 0.485 e. The normalized spacial score (nSPS) is 15.4. The molecule has 1 N–H and O–H groups in total. The Morgan fingerprint density at radius 3 is 2.76 bits per heavy atom. The molecule has 0 aliphatic carbocycles. The Balaban J connectivity index is 1.51. The molecule has 0 aromatic heterocycles. The number of amides is 1. The van der Waals surface area contributed by atoms with Gasteiger partial charge in [0.05, 0.1) is 10.7 Å². The van der Waals surface area contributed by atoms with Gasteiger partial charge in [0.1, 0.15) is 6.61 Å². The molecular formula is C18H16ClNO5. The van der Waals surface area contributed by atoms with Crippen LogP contribution in [0.15, 0.2) is 42.5 Å². The minimum Gasteiger partial charge on any atom is -0.485 e. The van der Waals surface area contributed by atoms with Gasteiger partial charge in [0.25, 0.3) is 5.91 Å². The molecular weight excluding hydrogens is 346 g/mol. The van der Waals surface area contributed by atoms with Crippen molar-refractivity contribution >= 4 is 29.2 Å². The fourth-order valence-electron chi connectivity index (χ4n) is 2.27. The van der Waals surface area contributed by atoms with E-state index in [2.05, 4.69) is 5.32 Å². The molecule has 6 nitrogen and oxygen atoms in total. The van der Waals surface area contributed by atoms with E-state index < -0.39 is 24.6 Å². The van der Waals surface area contributed by atoms with Gasteiger partial charge in [-0.3, -0.25) is 4.79 Å². The smallest absolute Gasteiger partial charge is 0.351 e. The van der Waals surface area contributed by atoms with E-state index in [1.165, 1.54) is 0 Å². The highest BCUT2D eigenvalue weighted by atomic mass is 35.5. The molecule has 7 heteroatoms. The third-order valence-electron chi connectivity index (χ3n) is 3.52. The lowest BCUT2D eigenvalue weighted by Gasteiger charge is -2.24. The van der Waals surface area contributed by atoms with E-state index in [1.807, 2.05) is 13.0 Å². The lowest BCUT2D eigenvalue weighted by atomic mass is 10.2. The highest BCUT2D eigenvalue weighted by molar-refractivity contribution is 6.33. The van der Waals surface area contributed by atoms with Crippen molar-refractivity contribution in [1.82, 2.24) is 0 Å². The number of benzene rings is 2. The van der Waals surface area contributed by atoms with Crippen LogP contribution < -0.4 is 14.8 Å². The maximum absolute atomic E-state index is 12.0. The van der Waals surface area contributed by atoms with Gasteiger partial charge in [-0.1, -0.05) is 29.8 Å². The lowest BCUT2D eigenvalue weighted by Crippen LogP contribution is -2.39. The Morgan fingerprint density at radius 2 is 2.00 bits per heavy atom. The van der Waals surface area contributed by atoms with Gasteiger partial charge in [-0.05, 0) is 36.8 Å². The summed E-state index contributed by atoms with van der Waals surface area (Å²) < 4.78 is 16.0. The number of halogens is 1. The Kier molecular flexibility index (Phi) is 5.09. The van der Waals surface area contributed by atoms with Crippen molar-refractivity contribution in [3.05, 3.63) is 53.1 Å². The molecule has 1 aliphatic rings. The van der Waals surface area contributed by atoms with Gasteiger partial charge >= 0.3 is 5.97 Å². The number of anilines is 1. The van der Waals surface area contributed by atoms with Crippen LogP contribution in [0.4, 0.5) is 5.69 Å². The zero-order valence-electron chi connectivity index (χ0n) is 13.5. The number of ether oxygens (including phenoxy) is 3. The summed E-state index contributed by atoms with van der Waals surface area (Å²) in [7, 11) is 0. The summed E-state index contributed by atoms with van der Waals surface area (Å²) in [5, 5.41) is 3.01. The van der Waals surface area contributed by atoms with Gasteiger partial charge < -0.3 is 19.5 Å². The molecule has 1 aliphatic heterocycles. The molecule has 1 atom stereocenters. The number of para-hydroxylation sites is 2. The van der Waals surface area contributed by atoms with Crippen LogP contribution in [0.2, 0.25) is 5.02 Å². The monoisotopic (exact) mass is 361 g/mol. The van der Waals surface area contributed by atoms with E-state index in [4.69, 9.17) is 25.8 Å². The zero-order valence-corrected chi connectivity index (χ0v) is 14.2. The van der Waals surface area contributed by atoms with E-state index in [0.29, 0.717) is 22.2 Å². The number of hydrogen-bond acceptors (Lipinski definition) is 5. The van der Waals surface area contributed by atoms with Crippen molar-refractivity contribution in [2.24, 2.45) is 0 Å². The summed E-state index contributed by atoms with van der Waals surface area (Å²) in [4.78, 5) is 24.0. The van der Waals surface area contributed by atoms with Crippen molar-refractivity contribution in [1.29, 1.82) is 0 Å². The predicted molar refractivity (Wildman–Crippen MR) is 92.1 cm³/mol. The fourth-order valence-corrected chi connectivity index (χ4v) is 2.56. The number of fused-ring (bicyclic) bond motifs is 1. The molecule has 130 valence electrons. The number of aryl methyl sites for hydroxylation is 1. The van der Waals surface area contributed by atoms with Crippen molar-refractivity contribution in [3.63, 3.8) is 0 Å². The second kappa shape index (κ2) is 7.44. The number of nitrogens with one attached hydrogen (secondary N) is 1. The van der Waals surface area contributed by atoms with Crippen LogP contribution in [0.1, 0.15) is 5.56 Å². The molecule has 1 amide bonds. The van der Waals surface area contributed by atoms with E-state index in [1.54, 1.807) is 36.4 Å². The Morgan fingerprint density at radius 1 is 1.24 bits per heavy atom. The standard InChI is InChI=1S/C18H16ClNO5/c1-11-6-7-13(12(19)8-11)20-17(21)10-24-18(22)16-9-23-14-4-2-3-5-15(14)25-16/h2-8,16H,9-10H2,1H3,(H,20,21). The van der Waals surface area contributed by atoms with Crippen LogP contribution in [0.3, 0.4) is 0 Å². The molecule has 2 aromatic rings. The molecule has 1 heterocycles. The quantitative estimate of drug-likeness (QED) is 0.847. The number of esters is 1. The predicted octanol–water partition coefficient (Wildman–Crippen LogP) is 2.97. The van der Waals surface area contributed by atoms with Gasteiger partial charge in [-0.15, -0.1) is 0 Å². The Labute approximate surface area is 149 Å². The van der Waals surface area contributed by atoms with Crippen molar-refractivity contribution in [2.45, 2.75) is 13.0 Å². The first-order valence-electron chi connectivity index (χ1n) is 7.64. The first kappa shape index (κ1) is 17.1. The lowest BCUT2D eigenvalue weighted by molar-refractivity contribution is -0.156. The average molecular weight is 362 g/mol. The van der Waals surface area contributed by atoms with Gasteiger partial charge in [0, 0.05) is 0 Å². The summed E-state index contributed by atoms with van der Waals surface area (Å²) in [5.74, 6) is -0.124.